The molecule has 1 heterocycles. The average molecular weight is 468 g/mol. The highest BCUT2D eigenvalue weighted by Gasteiger charge is 2.29. The summed E-state index contributed by atoms with van der Waals surface area (Å²) < 4.78 is 1.21. The molecular formula is C29H26BrN. The van der Waals surface area contributed by atoms with E-state index in [2.05, 4.69) is 89.4 Å². The quantitative estimate of drug-likeness (QED) is 0.207. The molecule has 0 amide bonds. The van der Waals surface area contributed by atoms with Crippen LogP contribution >= 0.6 is 15.9 Å². The summed E-state index contributed by atoms with van der Waals surface area (Å²) in [6.07, 6.45) is 5.62. The van der Waals surface area contributed by atoms with Crippen molar-refractivity contribution in [1.29, 1.82) is 0 Å². The Morgan fingerprint density at radius 1 is 0.774 bits per heavy atom. The first kappa shape index (κ1) is 20.2. The predicted octanol–water partition coefficient (Wildman–Crippen LogP) is 8.60. The van der Waals surface area contributed by atoms with E-state index in [1.807, 2.05) is 30.5 Å². The Balaban J connectivity index is 0.000000171. The molecule has 0 saturated heterocycles. The molecule has 6 rings (SSSR count). The number of fused-ring (bicyclic) bond motifs is 6. The second-order valence-corrected chi connectivity index (χ2v) is 9.89. The zero-order chi connectivity index (χ0) is 21.4. The van der Waals surface area contributed by atoms with E-state index >= 15 is 0 Å². The van der Waals surface area contributed by atoms with E-state index in [1.54, 1.807) is 11.1 Å². The van der Waals surface area contributed by atoms with Gasteiger partial charge in [0.25, 0.3) is 0 Å². The predicted molar refractivity (Wildman–Crippen MR) is 137 cm³/mol. The zero-order valence-electron chi connectivity index (χ0n) is 18.0. The van der Waals surface area contributed by atoms with Crippen molar-refractivity contribution in [2.24, 2.45) is 0 Å². The molecule has 5 aromatic rings. The number of para-hydroxylation sites is 1. The van der Waals surface area contributed by atoms with Crippen LogP contribution in [0.3, 0.4) is 0 Å². The van der Waals surface area contributed by atoms with Gasteiger partial charge in [-0.15, -0.1) is 0 Å². The third-order valence-corrected chi connectivity index (χ3v) is 7.17. The molecule has 154 valence electrons. The first-order valence-corrected chi connectivity index (χ1v) is 11.8. The van der Waals surface area contributed by atoms with Crippen LogP contribution in [-0.4, -0.2) is 4.98 Å². The van der Waals surface area contributed by atoms with Gasteiger partial charge in [-0.25, -0.2) is 0 Å². The standard InChI is InChI=1S/C20H19Br.C9H7N/c1-20(2)11-5-6-13-9-10-15-14-7-3-4-8-16(14)18(21)12-17(15)19(13)20;1-2-6-9-8(4-1)5-3-7-10-9/h3-4,7-10,12H,5-6,11H2,1-2H3;1-7H. The molecule has 2 heteroatoms. The second-order valence-electron chi connectivity index (χ2n) is 9.03. The molecule has 31 heavy (non-hydrogen) atoms. The number of nitrogens with zero attached hydrogens (tertiary/aromatic N) is 1. The summed E-state index contributed by atoms with van der Waals surface area (Å²) in [6.45, 7) is 4.79. The molecular weight excluding hydrogens is 442 g/mol. The molecule has 0 fully saturated rings. The minimum Gasteiger partial charge on any atom is -0.256 e. The van der Waals surface area contributed by atoms with Crippen molar-refractivity contribution in [1.82, 2.24) is 4.98 Å². The van der Waals surface area contributed by atoms with Crippen molar-refractivity contribution in [2.45, 2.75) is 38.5 Å². The normalized spacial score (nSPS) is 14.8. The number of aryl methyl sites for hydroxylation is 1. The lowest BCUT2D eigenvalue weighted by atomic mass is 9.70. The Hall–Kier alpha value is -2.71. The lowest BCUT2D eigenvalue weighted by Gasteiger charge is -2.34. The Morgan fingerprint density at radius 3 is 2.32 bits per heavy atom. The number of aromatic nitrogens is 1. The summed E-state index contributed by atoms with van der Waals surface area (Å²) in [4.78, 5) is 4.18. The van der Waals surface area contributed by atoms with Crippen LogP contribution in [0.4, 0.5) is 0 Å². The van der Waals surface area contributed by atoms with E-state index < -0.39 is 0 Å². The van der Waals surface area contributed by atoms with E-state index in [9.17, 15) is 0 Å². The van der Waals surface area contributed by atoms with Crippen molar-refractivity contribution in [2.75, 3.05) is 0 Å². The molecule has 0 bridgehead atoms. The van der Waals surface area contributed by atoms with Crippen molar-refractivity contribution in [3.8, 4) is 0 Å². The molecule has 0 aliphatic heterocycles. The summed E-state index contributed by atoms with van der Waals surface area (Å²) in [5.41, 5.74) is 4.44. The SMILES string of the molecule is CC1(C)CCCc2ccc3c(cc(Br)c4ccccc43)c21.c1ccc2ncccc2c1. The van der Waals surface area contributed by atoms with Gasteiger partial charge in [-0.05, 0) is 75.5 Å². The monoisotopic (exact) mass is 467 g/mol. The summed E-state index contributed by atoms with van der Waals surface area (Å²) in [5.74, 6) is 0. The number of benzene rings is 4. The second kappa shape index (κ2) is 8.09. The van der Waals surface area contributed by atoms with Crippen LogP contribution in [0, 0.1) is 0 Å². The average Bonchev–Trinajstić information content (AvgIpc) is 2.79. The first-order chi connectivity index (χ1) is 15.0. The van der Waals surface area contributed by atoms with Crippen molar-refractivity contribution in [3.05, 3.63) is 101 Å². The Bertz CT molecular complexity index is 1340. The van der Waals surface area contributed by atoms with Gasteiger partial charge in [0.15, 0.2) is 0 Å². The lowest BCUT2D eigenvalue weighted by molar-refractivity contribution is 0.436. The van der Waals surface area contributed by atoms with Gasteiger partial charge in [0, 0.05) is 16.1 Å². The van der Waals surface area contributed by atoms with Crippen LogP contribution in [0.25, 0.3) is 32.4 Å². The molecule has 0 saturated carbocycles. The maximum atomic E-state index is 4.18. The minimum atomic E-state index is 0.273. The highest BCUT2D eigenvalue weighted by Crippen LogP contribution is 2.43. The van der Waals surface area contributed by atoms with Crippen LogP contribution in [0.15, 0.2) is 89.5 Å². The molecule has 0 spiro atoms. The number of rotatable bonds is 0. The summed E-state index contributed by atoms with van der Waals surface area (Å²) in [5, 5.41) is 6.68. The zero-order valence-corrected chi connectivity index (χ0v) is 19.6. The molecule has 4 aromatic carbocycles. The van der Waals surface area contributed by atoms with Crippen molar-refractivity contribution >= 4 is 48.4 Å². The Kier molecular flexibility index (Phi) is 5.27. The number of hydrogen-bond acceptors (Lipinski definition) is 1. The Labute approximate surface area is 192 Å². The number of pyridine rings is 1. The molecule has 1 aromatic heterocycles. The molecule has 1 aliphatic rings. The maximum Gasteiger partial charge on any atom is 0.0701 e. The van der Waals surface area contributed by atoms with Gasteiger partial charge in [-0.3, -0.25) is 4.98 Å². The van der Waals surface area contributed by atoms with Crippen LogP contribution in [0.1, 0.15) is 37.8 Å². The highest BCUT2D eigenvalue weighted by atomic mass is 79.9. The summed E-state index contributed by atoms with van der Waals surface area (Å²) in [7, 11) is 0. The van der Waals surface area contributed by atoms with E-state index in [0.29, 0.717) is 0 Å². The van der Waals surface area contributed by atoms with Gasteiger partial charge in [-0.2, -0.15) is 0 Å². The summed E-state index contributed by atoms with van der Waals surface area (Å²) in [6, 6.07) is 27.8. The van der Waals surface area contributed by atoms with Crippen LogP contribution < -0.4 is 0 Å². The molecule has 1 aliphatic carbocycles. The summed E-state index contributed by atoms with van der Waals surface area (Å²) >= 11 is 3.78. The molecule has 1 nitrogen and oxygen atoms in total. The smallest absolute Gasteiger partial charge is 0.0701 e. The van der Waals surface area contributed by atoms with Crippen LogP contribution in [0.5, 0.6) is 0 Å². The van der Waals surface area contributed by atoms with Gasteiger partial charge in [-0.1, -0.05) is 90.4 Å². The highest BCUT2D eigenvalue weighted by molar-refractivity contribution is 9.10. The van der Waals surface area contributed by atoms with Gasteiger partial charge < -0.3 is 0 Å². The van der Waals surface area contributed by atoms with Crippen molar-refractivity contribution < 1.29 is 0 Å². The van der Waals surface area contributed by atoms with Crippen LogP contribution in [-0.2, 0) is 11.8 Å². The topological polar surface area (TPSA) is 12.9 Å². The molecule has 0 N–H and O–H groups in total. The van der Waals surface area contributed by atoms with E-state index in [1.165, 1.54) is 50.7 Å². The Morgan fingerprint density at radius 2 is 1.48 bits per heavy atom. The van der Waals surface area contributed by atoms with E-state index in [0.717, 1.165) is 5.52 Å². The first-order valence-electron chi connectivity index (χ1n) is 11.0. The van der Waals surface area contributed by atoms with Gasteiger partial charge >= 0.3 is 0 Å². The van der Waals surface area contributed by atoms with Gasteiger partial charge in [0.1, 0.15) is 0 Å². The van der Waals surface area contributed by atoms with Crippen molar-refractivity contribution in [3.63, 3.8) is 0 Å². The molecule has 0 radical (unpaired) electrons. The third kappa shape index (κ3) is 3.74. The fourth-order valence-electron chi connectivity index (χ4n) is 5.05. The minimum absolute atomic E-state index is 0.273. The molecule has 0 atom stereocenters. The maximum absolute atomic E-state index is 4.18. The van der Waals surface area contributed by atoms with Gasteiger partial charge in [0.05, 0.1) is 5.52 Å². The largest absolute Gasteiger partial charge is 0.256 e. The van der Waals surface area contributed by atoms with Crippen LogP contribution in [0.2, 0.25) is 0 Å². The van der Waals surface area contributed by atoms with E-state index in [-0.39, 0.29) is 5.41 Å². The van der Waals surface area contributed by atoms with Gasteiger partial charge in [0.2, 0.25) is 0 Å². The molecule has 0 unspecified atom stereocenters. The van der Waals surface area contributed by atoms with E-state index in [4.69, 9.17) is 0 Å². The fraction of sp³-hybridized carbons (Fsp3) is 0.207. The lowest BCUT2D eigenvalue weighted by Crippen LogP contribution is -2.24. The number of halogens is 1. The third-order valence-electron chi connectivity index (χ3n) is 6.51. The number of hydrogen-bond donors (Lipinski definition) is 0. The fourth-order valence-corrected chi connectivity index (χ4v) is 5.62.